The zero-order valence-electron chi connectivity index (χ0n) is 13.2. The van der Waals surface area contributed by atoms with Gasteiger partial charge in [0, 0.05) is 13.5 Å². The number of carbonyl (C=O) groups excluding carboxylic acids is 1. The highest BCUT2D eigenvalue weighted by atomic mass is 16.6. The third-order valence-electron chi connectivity index (χ3n) is 4.45. The zero-order valence-corrected chi connectivity index (χ0v) is 13.2. The van der Waals surface area contributed by atoms with Crippen molar-refractivity contribution in [2.75, 3.05) is 20.3 Å². The number of rotatable bonds is 5. The first-order valence-electron chi connectivity index (χ1n) is 7.29. The van der Waals surface area contributed by atoms with Crippen LogP contribution in [-0.2, 0) is 19.0 Å². The van der Waals surface area contributed by atoms with Gasteiger partial charge in [-0.05, 0) is 34.1 Å². The van der Waals surface area contributed by atoms with Crippen molar-refractivity contribution in [1.82, 2.24) is 0 Å². The zero-order chi connectivity index (χ0) is 15.0. The Morgan fingerprint density at radius 1 is 1.50 bits per heavy atom. The fraction of sp³-hybridized carbons (Fsp3) is 0.812. The summed E-state index contributed by atoms with van der Waals surface area (Å²) in [6, 6.07) is 0. The van der Waals surface area contributed by atoms with Crippen LogP contribution >= 0.6 is 0 Å². The van der Waals surface area contributed by atoms with Gasteiger partial charge in [-0.1, -0.05) is 11.6 Å². The Bertz CT molecular complexity index is 403. The lowest BCUT2D eigenvalue weighted by atomic mass is 9.69. The second kappa shape index (κ2) is 5.58. The van der Waals surface area contributed by atoms with Gasteiger partial charge >= 0.3 is 0 Å². The normalized spacial score (nSPS) is 33.4. The van der Waals surface area contributed by atoms with Crippen molar-refractivity contribution in [3.8, 4) is 0 Å². The Kier molecular flexibility index (Phi) is 4.38. The maximum absolute atomic E-state index is 12.1. The van der Waals surface area contributed by atoms with Gasteiger partial charge in [-0.15, -0.1) is 0 Å². The first-order chi connectivity index (χ1) is 9.32. The van der Waals surface area contributed by atoms with E-state index >= 15 is 0 Å². The fourth-order valence-corrected chi connectivity index (χ4v) is 3.29. The number of Topliss-reactive ketones (excluding diaryl/α,β-unsaturated/α-hetero) is 1. The highest BCUT2D eigenvalue weighted by molar-refractivity contribution is 5.85. The molecule has 3 unspecified atom stereocenters. The van der Waals surface area contributed by atoms with Crippen LogP contribution in [0.1, 0.15) is 40.5 Å². The molecule has 0 bridgehead atoms. The van der Waals surface area contributed by atoms with Crippen molar-refractivity contribution in [2.45, 2.75) is 57.8 Å². The summed E-state index contributed by atoms with van der Waals surface area (Å²) in [7, 11) is 1.60. The van der Waals surface area contributed by atoms with Gasteiger partial charge in [0.05, 0.1) is 24.7 Å². The van der Waals surface area contributed by atoms with Gasteiger partial charge in [0.1, 0.15) is 11.7 Å². The highest BCUT2D eigenvalue weighted by Gasteiger charge is 2.63. The summed E-state index contributed by atoms with van der Waals surface area (Å²) in [4.78, 5) is 12.1. The molecule has 1 saturated heterocycles. The molecule has 2 rings (SSSR count). The van der Waals surface area contributed by atoms with Crippen LogP contribution in [0.4, 0.5) is 0 Å². The standard InChI is InChI=1S/C16H26O4/c1-11(2)7-9-19-15(3,4)14-13(18-5)12(17)6-8-16(14)10-20-16/h7,13-14H,6,8-10H2,1-5H3. The number of carbonyl (C=O) groups is 1. The van der Waals surface area contributed by atoms with Gasteiger partial charge in [-0.2, -0.15) is 0 Å². The molecule has 0 amide bonds. The van der Waals surface area contributed by atoms with Crippen molar-refractivity contribution in [2.24, 2.45) is 5.92 Å². The molecule has 0 N–H and O–H groups in total. The van der Waals surface area contributed by atoms with E-state index in [1.165, 1.54) is 5.57 Å². The summed E-state index contributed by atoms with van der Waals surface area (Å²) in [6.45, 7) is 9.41. The SMILES string of the molecule is COC1C(=O)CCC2(CO2)C1C(C)(C)OCC=C(C)C. The van der Waals surface area contributed by atoms with E-state index in [4.69, 9.17) is 14.2 Å². The summed E-state index contributed by atoms with van der Waals surface area (Å²) >= 11 is 0. The second-order valence-electron chi connectivity index (χ2n) is 6.65. The molecule has 2 aliphatic rings. The van der Waals surface area contributed by atoms with Gasteiger partial charge in [0.15, 0.2) is 5.78 Å². The maximum Gasteiger partial charge on any atom is 0.162 e. The molecule has 0 aromatic rings. The Labute approximate surface area is 121 Å². The van der Waals surface area contributed by atoms with Crippen molar-refractivity contribution < 1.29 is 19.0 Å². The minimum atomic E-state index is -0.459. The van der Waals surface area contributed by atoms with Crippen LogP contribution in [0, 0.1) is 5.92 Å². The Morgan fingerprint density at radius 3 is 2.65 bits per heavy atom. The first-order valence-corrected chi connectivity index (χ1v) is 7.29. The van der Waals surface area contributed by atoms with Gasteiger partial charge < -0.3 is 14.2 Å². The maximum atomic E-state index is 12.1. The lowest BCUT2D eigenvalue weighted by molar-refractivity contribution is -0.161. The van der Waals surface area contributed by atoms with Gasteiger partial charge in [0.2, 0.25) is 0 Å². The lowest BCUT2D eigenvalue weighted by Gasteiger charge is -2.44. The Hall–Kier alpha value is -0.710. The van der Waals surface area contributed by atoms with E-state index in [2.05, 4.69) is 6.08 Å². The van der Waals surface area contributed by atoms with Crippen LogP contribution in [-0.4, -0.2) is 43.4 Å². The number of methoxy groups -OCH3 is 1. The number of ether oxygens (including phenoxy) is 3. The van der Waals surface area contributed by atoms with Gasteiger partial charge in [0.25, 0.3) is 0 Å². The van der Waals surface area contributed by atoms with E-state index in [0.717, 1.165) is 6.42 Å². The largest absolute Gasteiger partial charge is 0.373 e. The summed E-state index contributed by atoms with van der Waals surface area (Å²) in [6.07, 6.45) is 2.95. The van der Waals surface area contributed by atoms with E-state index in [-0.39, 0.29) is 17.3 Å². The summed E-state index contributed by atoms with van der Waals surface area (Å²) in [5.74, 6) is 0.115. The number of epoxide rings is 1. The molecule has 1 heterocycles. The van der Waals surface area contributed by atoms with Crippen molar-refractivity contribution in [1.29, 1.82) is 0 Å². The summed E-state index contributed by atoms with van der Waals surface area (Å²) < 4.78 is 17.2. The van der Waals surface area contributed by atoms with E-state index in [1.807, 2.05) is 27.7 Å². The molecule has 1 aliphatic heterocycles. The molecule has 1 aliphatic carbocycles. The van der Waals surface area contributed by atoms with E-state index < -0.39 is 11.7 Å². The molecule has 114 valence electrons. The molecule has 4 nitrogen and oxygen atoms in total. The van der Waals surface area contributed by atoms with Crippen molar-refractivity contribution >= 4 is 5.78 Å². The molecule has 1 saturated carbocycles. The van der Waals surface area contributed by atoms with Crippen LogP contribution in [0.3, 0.4) is 0 Å². The Morgan fingerprint density at radius 2 is 2.15 bits per heavy atom. The van der Waals surface area contributed by atoms with E-state index in [9.17, 15) is 4.79 Å². The van der Waals surface area contributed by atoms with Crippen LogP contribution in [0.2, 0.25) is 0 Å². The van der Waals surface area contributed by atoms with Gasteiger partial charge in [-0.3, -0.25) is 4.79 Å². The molecule has 20 heavy (non-hydrogen) atoms. The topological polar surface area (TPSA) is 48.1 Å². The molecule has 0 aromatic heterocycles. The summed E-state index contributed by atoms with van der Waals surface area (Å²) in [5, 5.41) is 0. The fourth-order valence-electron chi connectivity index (χ4n) is 3.29. The number of ketones is 1. The average Bonchev–Trinajstić information content (AvgIpc) is 3.11. The third kappa shape index (κ3) is 2.97. The molecule has 2 fully saturated rings. The van der Waals surface area contributed by atoms with Crippen molar-refractivity contribution in [3.63, 3.8) is 0 Å². The van der Waals surface area contributed by atoms with Crippen molar-refractivity contribution in [3.05, 3.63) is 11.6 Å². The minimum Gasteiger partial charge on any atom is -0.373 e. The predicted molar refractivity (Wildman–Crippen MR) is 76.7 cm³/mol. The lowest BCUT2D eigenvalue weighted by Crippen LogP contribution is -2.56. The molecular weight excluding hydrogens is 256 g/mol. The Balaban J connectivity index is 2.16. The smallest absolute Gasteiger partial charge is 0.162 e. The molecule has 3 atom stereocenters. The summed E-state index contributed by atoms with van der Waals surface area (Å²) in [5.41, 5.74) is 0.545. The average molecular weight is 282 g/mol. The first kappa shape index (κ1) is 15.7. The van der Waals surface area contributed by atoms with Gasteiger partial charge in [-0.25, -0.2) is 0 Å². The third-order valence-corrected chi connectivity index (χ3v) is 4.45. The predicted octanol–water partition coefficient (Wildman–Crippen LogP) is 2.51. The molecular formula is C16H26O4. The molecule has 1 spiro atoms. The monoisotopic (exact) mass is 282 g/mol. The number of hydrogen-bond acceptors (Lipinski definition) is 4. The van der Waals surface area contributed by atoms with E-state index in [1.54, 1.807) is 7.11 Å². The van der Waals surface area contributed by atoms with Crippen LogP contribution in [0.5, 0.6) is 0 Å². The minimum absolute atomic E-state index is 0.0492. The molecule has 0 aromatic carbocycles. The second-order valence-corrected chi connectivity index (χ2v) is 6.65. The number of hydrogen-bond donors (Lipinski definition) is 0. The van der Waals surface area contributed by atoms with Crippen LogP contribution < -0.4 is 0 Å². The molecule has 4 heteroatoms. The van der Waals surface area contributed by atoms with Crippen LogP contribution in [0.25, 0.3) is 0 Å². The molecule has 0 radical (unpaired) electrons. The number of allylic oxidation sites excluding steroid dienone is 1. The van der Waals surface area contributed by atoms with Crippen LogP contribution in [0.15, 0.2) is 11.6 Å². The quantitative estimate of drug-likeness (QED) is 0.574. The highest BCUT2D eigenvalue weighted by Crippen LogP contribution is 2.51. The van der Waals surface area contributed by atoms with E-state index in [0.29, 0.717) is 19.6 Å².